The van der Waals surface area contributed by atoms with Crippen molar-refractivity contribution in [3.8, 4) is 0 Å². The van der Waals surface area contributed by atoms with Crippen LogP contribution in [-0.4, -0.2) is 24.2 Å². The molecule has 3 heteroatoms. The van der Waals surface area contributed by atoms with E-state index in [1.807, 2.05) is 0 Å². The van der Waals surface area contributed by atoms with Crippen molar-refractivity contribution >= 4 is 5.97 Å². The molecule has 2 N–H and O–H groups in total. The van der Waals surface area contributed by atoms with Crippen molar-refractivity contribution in [2.24, 2.45) is 0 Å². The van der Waals surface area contributed by atoms with Crippen LogP contribution >= 0.6 is 0 Å². The maximum atomic E-state index is 10.5. The quantitative estimate of drug-likeness (QED) is 0.0607. The Balaban J connectivity index is 3.05. The summed E-state index contributed by atoms with van der Waals surface area (Å²) >= 11 is 0. The molecule has 0 amide bonds. The highest BCUT2D eigenvalue weighted by atomic mass is 16.4. The zero-order valence-corrected chi connectivity index (χ0v) is 37.5. The number of aliphatic carboxylic acids is 1. The Bertz CT molecular complexity index is 666. The van der Waals surface area contributed by atoms with E-state index in [9.17, 15) is 4.79 Å². The number of hydrogen-bond donors (Lipinski definition) is 2. The Morgan fingerprint density at radius 3 is 0.630 bits per heavy atom. The van der Waals surface area contributed by atoms with Gasteiger partial charge < -0.3 is 10.4 Å². The third-order valence-electron chi connectivity index (χ3n) is 12.2. The van der Waals surface area contributed by atoms with Gasteiger partial charge in [-0.05, 0) is 32.4 Å². The fourth-order valence-electron chi connectivity index (χ4n) is 8.40. The molecule has 0 aromatic heterocycles. The second-order valence-electron chi connectivity index (χ2n) is 17.8. The number of hydrogen-bond acceptors (Lipinski definition) is 2. The first-order chi connectivity index (χ1) is 26.8. The van der Waals surface area contributed by atoms with Gasteiger partial charge in [0.15, 0.2) is 0 Å². The largest absolute Gasteiger partial charge is 0.481 e. The molecule has 324 valence electrons. The van der Waals surface area contributed by atoms with Crippen LogP contribution < -0.4 is 5.32 Å². The molecule has 0 rings (SSSR count). The van der Waals surface area contributed by atoms with Gasteiger partial charge in [-0.2, -0.15) is 0 Å². The van der Waals surface area contributed by atoms with Crippen LogP contribution in [0.2, 0.25) is 0 Å². The van der Waals surface area contributed by atoms with Gasteiger partial charge >= 0.3 is 5.97 Å². The van der Waals surface area contributed by atoms with Gasteiger partial charge in [-0.1, -0.05) is 283 Å². The Hall–Kier alpha value is -0.570. The van der Waals surface area contributed by atoms with Gasteiger partial charge in [0.2, 0.25) is 0 Å². The smallest absolute Gasteiger partial charge is 0.303 e. The summed E-state index contributed by atoms with van der Waals surface area (Å²) in [6.07, 6.45) is 65.8. The summed E-state index contributed by atoms with van der Waals surface area (Å²) in [5.74, 6) is -0.646. The van der Waals surface area contributed by atoms with Gasteiger partial charge in [0.1, 0.15) is 0 Å². The van der Waals surface area contributed by atoms with E-state index in [0.717, 1.165) is 12.8 Å². The number of carboxylic acids is 1. The number of carbonyl (C=O) groups is 1. The van der Waals surface area contributed by atoms with Gasteiger partial charge in [0, 0.05) is 6.42 Å². The fraction of sp³-hybridized carbons (Fsp3) is 0.980. The lowest BCUT2D eigenvalue weighted by molar-refractivity contribution is -0.137. The van der Waals surface area contributed by atoms with Crippen molar-refractivity contribution < 1.29 is 9.90 Å². The highest BCUT2D eigenvalue weighted by Gasteiger charge is 2.00. The Morgan fingerprint density at radius 1 is 0.278 bits per heavy atom. The van der Waals surface area contributed by atoms with Crippen LogP contribution in [0.3, 0.4) is 0 Å². The van der Waals surface area contributed by atoms with E-state index in [-0.39, 0.29) is 0 Å². The molecule has 0 radical (unpaired) electrons. The molecular weight excluding hydrogens is 659 g/mol. The lowest BCUT2D eigenvalue weighted by atomic mass is 10.0. The molecule has 0 atom stereocenters. The van der Waals surface area contributed by atoms with Gasteiger partial charge in [-0.15, -0.1) is 0 Å². The molecule has 0 bridgehead atoms. The van der Waals surface area contributed by atoms with Crippen molar-refractivity contribution in [3.63, 3.8) is 0 Å². The van der Waals surface area contributed by atoms with E-state index in [1.165, 1.54) is 296 Å². The van der Waals surface area contributed by atoms with E-state index in [2.05, 4.69) is 12.2 Å². The lowest BCUT2D eigenvalue weighted by Gasteiger charge is -2.05. The summed E-state index contributed by atoms with van der Waals surface area (Å²) in [4.78, 5) is 10.5. The molecule has 54 heavy (non-hydrogen) atoms. The molecule has 0 saturated heterocycles. The van der Waals surface area contributed by atoms with Crippen LogP contribution in [0.5, 0.6) is 0 Å². The minimum absolute atomic E-state index is 0.347. The van der Waals surface area contributed by atoms with Crippen LogP contribution in [0.15, 0.2) is 0 Å². The highest BCUT2D eigenvalue weighted by molar-refractivity contribution is 5.66. The minimum Gasteiger partial charge on any atom is -0.481 e. The maximum absolute atomic E-state index is 10.5. The molecule has 0 aromatic rings. The molecule has 3 nitrogen and oxygen atoms in total. The number of carboxylic acid groups (broad SMARTS) is 1. The number of unbranched alkanes of at least 4 members (excludes halogenated alkanes) is 44. The molecule has 0 aliphatic carbocycles. The molecule has 0 aromatic carbocycles. The predicted molar refractivity (Wildman–Crippen MR) is 243 cm³/mol. The summed E-state index contributed by atoms with van der Waals surface area (Å²) in [6, 6.07) is 0. The molecule has 0 aliphatic rings. The molecule has 0 fully saturated rings. The molecule has 0 heterocycles. The first-order valence-electron chi connectivity index (χ1n) is 25.7. The second kappa shape index (κ2) is 50.4. The molecule has 0 aliphatic heterocycles. The van der Waals surface area contributed by atoms with Crippen molar-refractivity contribution in [1.82, 2.24) is 5.32 Å². The highest BCUT2D eigenvalue weighted by Crippen LogP contribution is 2.18. The van der Waals surface area contributed by atoms with Crippen LogP contribution in [0, 0.1) is 0 Å². The monoisotopic (exact) mass is 762 g/mol. The average molecular weight is 762 g/mol. The summed E-state index contributed by atoms with van der Waals surface area (Å²) in [7, 11) is 0. The van der Waals surface area contributed by atoms with Gasteiger partial charge in [-0.25, -0.2) is 0 Å². The SMILES string of the molecule is CCCCCCNCCCCCCCCCCCCCCCCCCCCCCCCCCCCCCCCCCCCCCCCCCCCC(=O)O. The predicted octanol–water partition coefficient (Wildman–Crippen LogP) is 18.0. The van der Waals surface area contributed by atoms with E-state index in [1.54, 1.807) is 0 Å². The van der Waals surface area contributed by atoms with Gasteiger partial charge in [-0.3, -0.25) is 4.79 Å². The van der Waals surface area contributed by atoms with E-state index in [0.29, 0.717) is 6.42 Å². The summed E-state index contributed by atoms with van der Waals surface area (Å²) in [6.45, 7) is 4.76. The summed E-state index contributed by atoms with van der Waals surface area (Å²) in [5.41, 5.74) is 0. The fourth-order valence-corrected chi connectivity index (χ4v) is 8.40. The van der Waals surface area contributed by atoms with Crippen LogP contribution in [-0.2, 0) is 4.79 Å². The third kappa shape index (κ3) is 51.4. The number of rotatable bonds is 50. The van der Waals surface area contributed by atoms with Gasteiger partial charge in [0.05, 0.1) is 0 Å². The summed E-state index contributed by atoms with van der Waals surface area (Å²) < 4.78 is 0. The first-order valence-corrected chi connectivity index (χ1v) is 25.7. The second-order valence-corrected chi connectivity index (χ2v) is 17.8. The van der Waals surface area contributed by atoms with Crippen LogP contribution in [0.25, 0.3) is 0 Å². The van der Waals surface area contributed by atoms with Crippen molar-refractivity contribution in [2.75, 3.05) is 13.1 Å². The van der Waals surface area contributed by atoms with E-state index in [4.69, 9.17) is 5.11 Å². The Morgan fingerprint density at radius 2 is 0.444 bits per heavy atom. The number of nitrogens with one attached hydrogen (secondary N) is 1. The standard InChI is InChI=1S/C51H103NO2/c1-2-3-4-46-49-52-50-47-44-42-40-38-36-34-32-30-28-26-24-22-20-18-16-14-12-10-8-6-5-7-9-11-13-15-17-19-21-23-25-27-29-31-33-35-37-39-41-43-45-48-51(53)54/h52H,2-50H2,1H3,(H,53,54). The molecule has 0 unspecified atom stereocenters. The Kier molecular flexibility index (Phi) is 49.9. The third-order valence-corrected chi connectivity index (χ3v) is 12.2. The zero-order valence-electron chi connectivity index (χ0n) is 37.5. The molecule has 0 spiro atoms. The van der Waals surface area contributed by atoms with Gasteiger partial charge in [0.25, 0.3) is 0 Å². The van der Waals surface area contributed by atoms with Crippen molar-refractivity contribution in [2.45, 2.75) is 309 Å². The summed E-state index contributed by atoms with van der Waals surface area (Å²) in [5, 5.41) is 12.3. The normalized spacial score (nSPS) is 11.6. The van der Waals surface area contributed by atoms with Crippen LogP contribution in [0.4, 0.5) is 0 Å². The minimum atomic E-state index is -0.646. The van der Waals surface area contributed by atoms with Crippen LogP contribution in [0.1, 0.15) is 309 Å². The average Bonchev–Trinajstić information content (AvgIpc) is 3.17. The van der Waals surface area contributed by atoms with E-state index >= 15 is 0 Å². The zero-order chi connectivity index (χ0) is 38.9. The van der Waals surface area contributed by atoms with Crippen molar-refractivity contribution in [1.29, 1.82) is 0 Å². The first kappa shape index (κ1) is 53.4. The van der Waals surface area contributed by atoms with E-state index < -0.39 is 5.97 Å². The lowest BCUT2D eigenvalue weighted by Crippen LogP contribution is -2.16. The topological polar surface area (TPSA) is 49.3 Å². The molecule has 0 saturated carbocycles. The Labute approximate surface area is 341 Å². The molecular formula is C51H103NO2. The van der Waals surface area contributed by atoms with Crippen molar-refractivity contribution in [3.05, 3.63) is 0 Å². The maximum Gasteiger partial charge on any atom is 0.303 e.